The summed E-state index contributed by atoms with van der Waals surface area (Å²) in [4.78, 5) is 22.8. The Hall–Kier alpha value is -3.50. The highest BCUT2D eigenvalue weighted by molar-refractivity contribution is 6.06. The van der Waals surface area contributed by atoms with Crippen LogP contribution in [0.4, 0.5) is 5.82 Å². The average Bonchev–Trinajstić information content (AvgIpc) is 2.69. The lowest BCUT2D eigenvalue weighted by atomic mass is 10.0. The number of nitrogens with zero attached hydrogens (tertiary/aromatic N) is 4. The Balaban J connectivity index is 1.73. The van der Waals surface area contributed by atoms with Gasteiger partial charge < -0.3 is 16.0 Å². The molecule has 0 spiro atoms. The van der Waals surface area contributed by atoms with E-state index in [4.69, 9.17) is 5.73 Å². The number of primary amides is 1. The number of nitrogens with one attached hydrogen (secondary N) is 1. The van der Waals surface area contributed by atoms with E-state index in [2.05, 4.69) is 26.3 Å². The van der Waals surface area contributed by atoms with Crippen LogP contribution in [-0.4, -0.2) is 40.4 Å². The Morgan fingerprint density at radius 2 is 2.07 bits per heavy atom. The van der Waals surface area contributed by atoms with Gasteiger partial charge in [0.15, 0.2) is 0 Å². The molecule has 1 atom stereocenters. The molecule has 2 heterocycles. The van der Waals surface area contributed by atoms with Crippen molar-refractivity contribution in [3.8, 4) is 6.07 Å². The third-order valence-electron chi connectivity index (χ3n) is 5.05. The number of amides is 1. The Labute approximate surface area is 162 Å². The van der Waals surface area contributed by atoms with Crippen LogP contribution in [0.25, 0.3) is 10.9 Å². The second kappa shape index (κ2) is 7.62. The van der Waals surface area contributed by atoms with Crippen molar-refractivity contribution in [2.45, 2.75) is 12.5 Å². The fourth-order valence-corrected chi connectivity index (χ4v) is 3.45. The number of nitrogens with two attached hydrogens (primary N) is 1. The number of fused-ring (bicyclic) bond motifs is 1. The van der Waals surface area contributed by atoms with Crippen LogP contribution in [0, 0.1) is 11.3 Å². The fourth-order valence-electron chi connectivity index (χ4n) is 3.45. The van der Waals surface area contributed by atoms with Gasteiger partial charge in [0.2, 0.25) is 0 Å². The number of carbonyl (C=O) groups excluding carboxylic acids is 1. The summed E-state index contributed by atoms with van der Waals surface area (Å²) in [6.45, 7) is 2.93. The van der Waals surface area contributed by atoms with Gasteiger partial charge in [-0.25, -0.2) is 9.97 Å². The molecule has 0 radical (unpaired) electrons. The first-order valence-electron chi connectivity index (χ1n) is 9.18. The third kappa shape index (κ3) is 3.50. The standard InChI is InChI=1S/C21H20N6O/c22-11-14-4-1-5-15(10-14)18(12-27-8-3-9-27)26-21-17-7-2-6-16(20(23)28)19(17)24-13-25-21/h1-2,4-7,10,13,18H,3,8-9,12H2,(H2,23,28)(H,24,25,26). The van der Waals surface area contributed by atoms with E-state index < -0.39 is 5.91 Å². The minimum atomic E-state index is -0.519. The zero-order valence-corrected chi connectivity index (χ0v) is 15.3. The summed E-state index contributed by atoms with van der Waals surface area (Å²) >= 11 is 0. The summed E-state index contributed by atoms with van der Waals surface area (Å²) in [5, 5.41) is 13.5. The molecule has 7 nitrogen and oxygen atoms in total. The molecule has 3 aromatic rings. The minimum absolute atomic E-state index is 0.0519. The summed E-state index contributed by atoms with van der Waals surface area (Å²) in [6, 6.07) is 15.1. The maximum absolute atomic E-state index is 11.7. The van der Waals surface area contributed by atoms with Gasteiger partial charge in [0.1, 0.15) is 12.1 Å². The van der Waals surface area contributed by atoms with E-state index in [1.807, 2.05) is 24.3 Å². The van der Waals surface area contributed by atoms with E-state index >= 15 is 0 Å². The summed E-state index contributed by atoms with van der Waals surface area (Å²) < 4.78 is 0. The van der Waals surface area contributed by atoms with Crippen LogP contribution in [0.15, 0.2) is 48.8 Å². The Bertz CT molecular complexity index is 1070. The first-order valence-corrected chi connectivity index (χ1v) is 9.18. The van der Waals surface area contributed by atoms with Crippen molar-refractivity contribution in [3.05, 3.63) is 65.5 Å². The number of hydrogen-bond acceptors (Lipinski definition) is 6. The third-order valence-corrected chi connectivity index (χ3v) is 5.05. The maximum Gasteiger partial charge on any atom is 0.250 e. The van der Waals surface area contributed by atoms with Crippen molar-refractivity contribution in [3.63, 3.8) is 0 Å². The van der Waals surface area contributed by atoms with Crippen LogP contribution in [-0.2, 0) is 0 Å². The number of para-hydroxylation sites is 1. The van der Waals surface area contributed by atoms with E-state index in [1.54, 1.807) is 18.2 Å². The van der Waals surface area contributed by atoms with Crippen molar-refractivity contribution in [1.29, 1.82) is 5.26 Å². The molecule has 1 saturated heterocycles. The molecule has 28 heavy (non-hydrogen) atoms. The van der Waals surface area contributed by atoms with Gasteiger partial charge >= 0.3 is 0 Å². The highest BCUT2D eigenvalue weighted by atomic mass is 16.1. The van der Waals surface area contributed by atoms with Crippen LogP contribution < -0.4 is 11.1 Å². The molecule has 4 rings (SSSR count). The molecule has 0 bridgehead atoms. The van der Waals surface area contributed by atoms with Crippen LogP contribution >= 0.6 is 0 Å². The summed E-state index contributed by atoms with van der Waals surface area (Å²) in [7, 11) is 0. The van der Waals surface area contributed by atoms with Gasteiger partial charge in [0.25, 0.3) is 5.91 Å². The molecule has 1 aliphatic rings. The lowest BCUT2D eigenvalue weighted by Crippen LogP contribution is -2.41. The normalized spacial score (nSPS) is 14.8. The van der Waals surface area contributed by atoms with Crippen LogP contribution in [0.3, 0.4) is 0 Å². The van der Waals surface area contributed by atoms with Crippen molar-refractivity contribution < 1.29 is 4.79 Å². The maximum atomic E-state index is 11.7. The second-order valence-corrected chi connectivity index (χ2v) is 6.88. The highest BCUT2D eigenvalue weighted by Crippen LogP contribution is 2.27. The van der Waals surface area contributed by atoms with E-state index in [-0.39, 0.29) is 6.04 Å². The molecule has 1 aromatic heterocycles. The Morgan fingerprint density at radius 1 is 1.25 bits per heavy atom. The molecule has 2 aromatic carbocycles. The monoisotopic (exact) mass is 372 g/mol. The number of anilines is 1. The second-order valence-electron chi connectivity index (χ2n) is 6.88. The molecule has 7 heteroatoms. The molecule has 1 aliphatic heterocycles. The number of nitriles is 1. The van der Waals surface area contributed by atoms with Gasteiger partial charge in [0, 0.05) is 11.9 Å². The molecular formula is C21H20N6O. The quantitative estimate of drug-likeness (QED) is 0.688. The SMILES string of the molecule is N#Cc1cccc(C(CN2CCC2)Nc2ncnc3c(C(N)=O)cccc23)c1. The lowest BCUT2D eigenvalue weighted by Gasteiger charge is -2.35. The average molecular weight is 372 g/mol. The van der Waals surface area contributed by atoms with Crippen molar-refractivity contribution in [2.24, 2.45) is 5.73 Å². The van der Waals surface area contributed by atoms with Crippen molar-refractivity contribution in [2.75, 3.05) is 25.0 Å². The topological polar surface area (TPSA) is 108 Å². The number of rotatable bonds is 6. The zero-order valence-electron chi connectivity index (χ0n) is 15.3. The van der Waals surface area contributed by atoms with Crippen molar-refractivity contribution >= 4 is 22.6 Å². The van der Waals surface area contributed by atoms with Gasteiger partial charge in [0.05, 0.1) is 28.8 Å². The van der Waals surface area contributed by atoms with Gasteiger partial charge in [-0.3, -0.25) is 4.79 Å². The minimum Gasteiger partial charge on any atom is -0.366 e. The van der Waals surface area contributed by atoms with Gasteiger partial charge in [-0.1, -0.05) is 18.2 Å². The van der Waals surface area contributed by atoms with E-state index in [9.17, 15) is 10.1 Å². The number of aromatic nitrogens is 2. The van der Waals surface area contributed by atoms with Gasteiger partial charge in [-0.15, -0.1) is 0 Å². The fraction of sp³-hybridized carbons (Fsp3) is 0.238. The first kappa shape index (κ1) is 17.9. The molecule has 1 amide bonds. The predicted molar refractivity (Wildman–Crippen MR) is 107 cm³/mol. The largest absolute Gasteiger partial charge is 0.366 e. The summed E-state index contributed by atoms with van der Waals surface area (Å²) in [6.07, 6.45) is 2.63. The molecular weight excluding hydrogens is 352 g/mol. The Morgan fingerprint density at radius 3 is 2.79 bits per heavy atom. The number of hydrogen-bond donors (Lipinski definition) is 2. The molecule has 3 N–H and O–H groups in total. The molecule has 0 aliphatic carbocycles. The highest BCUT2D eigenvalue weighted by Gasteiger charge is 2.22. The van der Waals surface area contributed by atoms with Crippen molar-refractivity contribution in [1.82, 2.24) is 14.9 Å². The van der Waals surface area contributed by atoms with E-state index in [0.29, 0.717) is 22.5 Å². The Kier molecular flexibility index (Phi) is 4.87. The van der Waals surface area contributed by atoms with Gasteiger partial charge in [-0.05, 0) is 49.3 Å². The lowest BCUT2D eigenvalue weighted by molar-refractivity contribution is 0.100. The molecule has 140 valence electrons. The molecule has 1 fully saturated rings. The first-order chi connectivity index (χ1) is 13.7. The van der Waals surface area contributed by atoms with E-state index in [0.717, 1.165) is 30.6 Å². The predicted octanol–water partition coefficient (Wildman–Crippen LogP) is 2.46. The smallest absolute Gasteiger partial charge is 0.250 e. The molecule has 0 saturated carbocycles. The van der Waals surface area contributed by atoms with Gasteiger partial charge in [-0.2, -0.15) is 5.26 Å². The van der Waals surface area contributed by atoms with E-state index in [1.165, 1.54) is 12.7 Å². The number of carbonyl (C=O) groups is 1. The van der Waals surface area contributed by atoms with Crippen LogP contribution in [0.2, 0.25) is 0 Å². The number of benzene rings is 2. The van der Waals surface area contributed by atoms with Crippen LogP contribution in [0.1, 0.15) is 33.9 Å². The number of likely N-dealkylation sites (tertiary alicyclic amines) is 1. The van der Waals surface area contributed by atoms with Crippen LogP contribution in [0.5, 0.6) is 0 Å². The zero-order chi connectivity index (χ0) is 19.5. The molecule has 1 unspecified atom stereocenters. The summed E-state index contributed by atoms with van der Waals surface area (Å²) in [5.41, 5.74) is 8.03. The summed E-state index contributed by atoms with van der Waals surface area (Å²) in [5.74, 6) is 0.120.